The number of ketones is 1. The van der Waals surface area contributed by atoms with Crippen LogP contribution >= 0.6 is 0 Å². The highest BCUT2D eigenvalue weighted by atomic mass is 19.4. The molecule has 0 bridgehead atoms. The van der Waals surface area contributed by atoms with Gasteiger partial charge < -0.3 is 4.90 Å². The van der Waals surface area contributed by atoms with Crippen LogP contribution < -0.4 is 0 Å². The lowest BCUT2D eigenvalue weighted by Crippen LogP contribution is -2.34. The molecule has 1 heterocycles. The molecular formula is C8H10F3NO. The molecule has 0 aromatic rings. The number of hydrogen-bond donors (Lipinski definition) is 0. The van der Waals surface area contributed by atoms with Crippen LogP contribution in [-0.4, -0.2) is 37.0 Å². The van der Waals surface area contributed by atoms with Crippen molar-refractivity contribution in [3.63, 3.8) is 0 Å². The van der Waals surface area contributed by atoms with Gasteiger partial charge in [-0.25, -0.2) is 0 Å². The first-order valence-corrected chi connectivity index (χ1v) is 3.90. The maximum absolute atomic E-state index is 12.0. The summed E-state index contributed by atoms with van der Waals surface area (Å²) in [6.07, 6.45) is -2.85. The predicted molar refractivity (Wildman–Crippen MR) is 41.3 cm³/mol. The Bertz CT molecular complexity index is 244. The number of likely N-dealkylation sites (N-methyl/N-ethyl adjacent to an activating group) is 1. The molecule has 0 spiro atoms. The second-order valence-corrected chi connectivity index (χ2v) is 3.08. The number of carbonyl (C=O) groups is 1. The van der Waals surface area contributed by atoms with Crippen molar-refractivity contribution in [2.45, 2.75) is 12.6 Å². The molecule has 0 atom stereocenters. The van der Waals surface area contributed by atoms with E-state index in [0.717, 1.165) is 0 Å². The molecule has 0 saturated heterocycles. The van der Waals surface area contributed by atoms with E-state index < -0.39 is 12.0 Å². The first-order valence-electron chi connectivity index (χ1n) is 3.90. The molecule has 0 unspecified atom stereocenters. The van der Waals surface area contributed by atoms with Gasteiger partial charge in [-0.1, -0.05) is 6.08 Å². The van der Waals surface area contributed by atoms with Crippen LogP contribution in [0.1, 0.15) is 6.42 Å². The van der Waals surface area contributed by atoms with Crippen LogP contribution in [0.2, 0.25) is 0 Å². The summed E-state index contributed by atoms with van der Waals surface area (Å²) in [7, 11) is 1.69. The number of nitrogens with zero attached hydrogens (tertiary/aromatic N) is 1. The van der Waals surface area contributed by atoms with Crippen LogP contribution in [-0.2, 0) is 4.79 Å². The van der Waals surface area contributed by atoms with Gasteiger partial charge >= 0.3 is 6.18 Å². The van der Waals surface area contributed by atoms with E-state index in [-0.39, 0.29) is 12.1 Å². The third-order valence-electron chi connectivity index (χ3n) is 1.89. The lowest BCUT2D eigenvalue weighted by Gasteiger charge is -2.22. The standard InChI is InChI=1S/C8H10F3NO/c1-12-4-2-3-6(5-12)7(13)8(9,10)11/h3H,2,4-5H2,1H3. The van der Waals surface area contributed by atoms with E-state index in [4.69, 9.17) is 0 Å². The molecule has 1 aliphatic heterocycles. The van der Waals surface area contributed by atoms with E-state index in [0.29, 0.717) is 13.0 Å². The number of halogens is 3. The summed E-state index contributed by atoms with van der Waals surface area (Å²) >= 11 is 0. The van der Waals surface area contributed by atoms with Gasteiger partial charge in [-0.3, -0.25) is 4.79 Å². The van der Waals surface area contributed by atoms with E-state index in [2.05, 4.69) is 0 Å². The van der Waals surface area contributed by atoms with E-state index in [1.165, 1.54) is 6.08 Å². The minimum absolute atomic E-state index is 0.0956. The number of Topliss-reactive ketones (excluding diaryl/α,β-unsaturated/α-hetero) is 1. The van der Waals surface area contributed by atoms with Crippen LogP contribution in [0.3, 0.4) is 0 Å². The maximum atomic E-state index is 12.0. The quantitative estimate of drug-likeness (QED) is 0.627. The molecule has 74 valence electrons. The second kappa shape index (κ2) is 3.49. The fourth-order valence-corrected chi connectivity index (χ4v) is 1.24. The molecule has 0 aliphatic carbocycles. The number of carbonyl (C=O) groups excluding carboxylic acids is 1. The Morgan fingerprint density at radius 1 is 1.54 bits per heavy atom. The summed E-state index contributed by atoms with van der Waals surface area (Å²) < 4.78 is 35.9. The fraction of sp³-hybridized carbons (Fsp3) is 0.625. The Morgan fingerprint density at radius 2 is 2.15 bits per heavy atom. The van der Waals surface area contributed by atoms with Gasteiger partial charge in [0.25, 0.3) is 5.78 Å². The Labute approximate surface area is 74.0 Å². The molecule has 2 nitrogen and oxygen atoms in total. The van der Waals surface area contributed by atoms with Crippen molar-refractivity contribution in [2.75, 3.05) is 20.1 Å². The zero-order chi connectivity index (χ0) is 10.1. The average molecular weight is 193 g/mol. The molecule has 1 aliphatic rings. The van der Waals surface area contributed by atoms with Crippen molar-refractivity contribution < 1.29 is 18.0 Å². The molecule has 0 N–H and O–H groups in total. The van der Waals surface area contributed by atoms with Crippen LogP contribution in [0.4, 0.5) is 13.2 Å². The van der Waals surface area contributed by atoms with Gasteiger partial charge in [-0.05, 0) is 13.5 Å². The minimum atomic E-state index is -4.73. The zero-order valence-corrected chi connectivity index (χ0v) is 7.19. The third-order valence-corrected chi connectivity index (χ3v) is 1.89. The van der Waals surface area contributed by atoms with Crippen molar-refractivity contribution in [1.82, 2.24) is 4.90 Å². The minimum Gasteiger partial charge on any atom is -0.302 e. The topological polar surface area (TPSA) is 20.3 Å². The highest BCUT2D eigenvalue weighted by Crippen LogP contribution is 2.22. The lowest BCUT2D eigenvalue weighted by atomic mass is 10.1. The smallest absolute Gasteiger partial charge is 0.302 e. The van der Waals surface area contributed by atoms with Gasteiger partial charge in [-0.15, -0.1) is 0 Å². The normalized spacial score (nSPS) is 19.8. The molecule has 13 heavy (non-hydrogen) atoms. The molecule has 0 aromatic heterocycles. The lowest BCUT2D eigenvalue weighted by molar-refractivity contribution is -0.166. The SMILES string of the molecule is CN1CCC=C(C(=O)C(F)(F)F)C1. The van der Waals surface area contributed by atoms with Crippen molar-refractivity contribution in [3.8, 4) is 0 Å². The van der Waals surface area contributed by atoms with E-state index >= 15 is 0 Å². The summed E-state index contributed by atoms with van der Waals surface area (Å²) in [5, 5.41) is 0. The van der Waals surface area contributed by atoms with Crippen molar-refractivity contribution in [2.24, 2.45) is 0 Å². The largest absolute Gasteiger partial charge is 0.454 e. The summed E-state index contributed by atoms with van der Waals surface area (Å²) in [6, 6.07) is 0. The summed E-state index contributed by atoms with van der Waals surface area (Å²) in [4.78, 5) is 12.4. The first-order chi connectivity index (χ1) is 5.91. The Morgan fingerprint density at radius 3 is 2.62 bits per heavy atom. The van der Waals surface area contributed by atoms with Gasteiger partial charge in [0.05, 0.1) is 0 Å². The molecular weight excluding hydrogens is 183 g/mol. The second-order valence-electron chi connectivity index (χ2n) is 3.08. The average Bonchev–Trinajstić information content (AvgIpc) is 2.01. The fourth-order valence-electron chi connectivity index (χ4n) is 1.24. The van der Waals surface area contributed by atoms with Crippen molar-refractivity contribution in [3.05, 3.63) is 11.6 Å². The van der Waals surface area contributed by atoms with Crippen LogP contribution in [0.15, 0.2) is 11.6 Å². The van der Waals surface area contributed by atoms with E-state index in [1.54, 1.807) is 11.9 Å². The number of alkyl halides is 3. The third kappa shape index (κ3) is 2.55. The predicted octanol–water partition coefficient (Wildman–Crippen LogP) is 1.38. The van der Waals surface area contributed by atoms with Gasteiger partial charge in [-0.2, -0.15) is 13.2 Å². The van der Waals surface area contributed by atoms with Gasteiger partial charge in [0, 0.05) is 18.7 Å². The highest BCUT2D eigenvalue weighted by molar-refractivity contribution is 6.00. The molecule has 0 aromatic carbocycles. The van der Waals surface area contributed by atoms with E-state index in [1.807, 2.05) is 0 Å². The number of hydrogen-bond acceptors (Lipinski definition) is 2. The van der Waals surface area contributed by atoms with Crippen molar-refractivity contribution >= 4 is 5.78 Å². The first kappa shape index (κ1) is 10.2. The van der Waals surface area contributed by atoms with Crippen LogP contribution in [0.25, 0.3) is 0 Å². The van der Waals surface area contributed by atoms with Crippen LogP contribution in [0, 0.1) is 0 Å². The Balaban J connectivity index is 2.73. The summed E-state index contributed by atoms with van der Waals surface area (Å²) in [5.74, 6) is -1.71. The summed E-state index contributed by atoms with van der Waals surface area (Å²) in [6.45, 7) is 0.799. The van der Waals surface area contributed by atoms with Gasteiger partial charge in [0.1, 0.15) is 0 Å². The molecule has 0 fully saturated rings. The molecule has 0 radical (unpaired) electrons. The van der Waals surface area contributed by atoms with Gasteiger partial charge in [0.2, 0.25) is 0 Å². The maximum Gasteiger partial charge on any atom is 0.454 e. The number of rotatable bonds is 1. The Hall–Kier alpha value is -0.840. The van der Waals surface area contributed by atoms with Crippen LogP contribution in [0.5, 0.6) is 0 Å². The molecule has 0 saturated carbocycles. The monoisotopic (exact) mass is 193 g/mol. The summed E-state index contributed by atoms with van der Waals surface area (Å²) in [5.41, 5.74) is -0.138. The highest BCUT2D eigenvalue weighted by Gasteiger charge is 2.40. The Kier molecular flexibility index (Phi) is 2.75. The molecule has 0 amide bonds. The van der Waals surface area contributed by atoms with Gasteiger partial charge in [0.15, 0.2) is 0 Å². The van der Waals surface area contributed by atoms with E-state index in [9.17, 15) is 18.0 Å². The zero-order valence-electron chi connectivity index (χ0n) is 7.19. The molecule has 1 rings (SSSR count). The molecule has 5 heteroatoms. The van der Waals surface area contributed by atoms with Crippen molar-refractivity contribution in [1.29, 1.82) is 0 Å².